The molecule has 0 aliphatic carbocycles. The van der Waals surface area contributed by atoms with Gasteiger partial charge in [-0.1, -0.05) is 17.7 Å². The molecule has 1 atom stereocenters. The van der Waals surface area contributed by atoms with Crippen molar-refractivity contribution >= 4 is 17.6 Å². The minimum Gasteiger partial charge on any atom is -0.469 e. The van der Waals surface area contributed by atoms with Gasteiger partial charge in [-0.15, -0.1) is 0 Å². The van der Waals surface area contributed by atoms with Gasteiger partial charge in [0, 0.05) is 12.2 Å². The number of amides is 1. The van der Waals surface area contributed by atoms with Crippen LogP contribution >= 0.6 is 0 Å². The van der Waals surface area contributed by atoms with Crippen molar-refractivity contribution in [1.29, 1.82) is 0 Å². The van der Waals surface area contributed by atoms with E-state index in [9.17, 15) is 9.59 Å². The van der Waals surface area contributed by atoms with Gasteiger partial charge in [0.2, 0.25) is 5.91 Å². The van der Waals surface area contributed by atoms with Crippen LogP contribution in [0.3, 0.4) is 0 Å². The molecule has 1 fully saturated rings. The minimum atomic E-state index is -0.182. The second-order valence-corrected chi connectivity index (χ2v) is 5.51. The van der Waals surface area contributed by atoms with Gasteiger partial charge in [-0.25, -0.2) is 0 Å². The monoisotopic (exact) mass is 290 g/mol. The summed E-state index contributed by atoms with van der Waals surface area (Å²) in [4.78, 5) is 25.6. The number of ether oxygens (including phenoxy) is 1. The summed E-state index contributed by atoms with van der Waals surface area (Å²) < 4.78 is 4.78. The molecule has 1 aromatic carbocycles. The van der Waals surface area contributed by atoms with E-state index in [0.29, 0.717) is 13.1 Å². The average molecular weight is 290 g/mol. The first-order valence-corrected chi connectivity index (χ1v) is 7.25. The molecule has 1 amide bonds. The third kappa shape index (κ3) is 4.56. The Morgan fingerprint density at radius 1 is 1.33 bits per heavy atom. The molecule has 1 saturated heterocycles. The van der Waals surface area contributed by atoms with Crippen LogP contribution in [0.25, 0.3) is 0 Å². The molecular weight excluding hydrogens is 268 g/mol. The molecular formula is C16H22N2O3. The largest absolute Gasteiger partial charge is 0.469 e. The third-order valence-electron chi connectivity index (χ3n) is 3.74. The summed E-state index contributed by atoms with van der Waals surface area (Å²) in [5, 5.41) is 2.88. The molecule has 2 rings (SSSR count). The zero-order valence-electron chi connectivity index (χ0n) is 12.6. The van der Waals surface area contributed by atoms with E-state index in [1.807, 2.05) is 36.1 Å². The second kappa shape index (κ2) is 7.22. The number of nitrogens with one attached hydrogen (secondary N) is 1. The Kier molecular flexibility index (Phi) is 5.33. The predicted molar refractivity (Wildman–Crippen MR) is 81.0 cm³/mol. The van der Waals surface area contributed by atoms with E-state index in [2.05, 4.69) is 5.32 Å². The summed E-state index contributed by atoms with van der Waals surface area (Å²) in [5.74, 6) is -0.348. The standard InChI is InChI=1S/C16H22N2O3/c1-12-5-7-14(8-6-12)17-15(19)11-18-9-3-4-13(10-18)16(20)21-2/h5-8,13H,3-4,9-11H2,1-2H3,(H,17,19)/t13-/m0/s1. The number of piperidine rings is 1. The normalized spacial score (nSPS) is 19.0. The van der Waals surface area contributed by atoms with Gasteiger partial charge in [-0.2, -0.15) is 0 Å². The van der Waals surface area contributed by atoms with Crippen LogP contribution in [0.4, 0.5) is 5.69 Å². The maximum atomic E-state index is 12.0. The molecule has 1 heterocycles. The van der Waals surface area contributed by atoms with Crippen molar-refractivity contribution in [1.82, 2.24) is 4.90 Å². The van der Waals surface area contributed by atoms with Crippen molar-refractivity contribution in [2.45, 2.75) is 19.8 Å². The Balaban J connectivity index is 1.84. The first-order valence-electron chi connectivity index (χ1n) is 7.25. The molecule has 1 N–H and O–H groups in total. The summed E-state index contributed by atoms with van der Waals surface area (Å²) in [5.41, 5.74) is 1.96. The summed E-state index contributed by atoms with van der Waals surface area (Å²) in [7, 11) is 1.41. The van der Waals surface area contributed by atoms with Gasteiger partial charge in [-0.3, -0.25) is 14.5 Å². The molecule has 0 spiro atoms. The van der Waals surface area contributed by atoms with Crippen LogP contribution in [0.15, 0.2) is 24.3 Å². The molecule has 5 nitrogen and oxygen atoms in total. The van der Waals surface area contributed by atoms with Crippen molar-refractivity contribution < 1.29 is 14.3 Å². The van der Waals surface area contributed by atoms with Gasteiger partial charge in [0.15, 0.2) is 0 Å². The molecule has 21 heavy (non-hydrogen) atoms. The Bertz CT molecular complexity index is 499. The highest BCUT2D eigenvalue weighted by Gasteiger charge is 2.27. The highest BCUT2D eigenvalue weighted by Crippen LogP contribution is 2.17. The van der Waals surface area contributed by atoms with E-state index in [0.717, 1.165) is 30.6 Å². The smallest absolute Gasteiger partial charge is 0.309 e. The molecule has 1 aliphatic heterocycles. The van der Waals surface area contributed by atoms with E-state index in [4.69, 9.17) is 4.74 Å². The van der Waals surface area contributed by atoms with Crippen LogP contribution in [-0.2, 0) is 14.3 Å². The molecule has 0 aromatic heterocycles. The van der Waals surface area contributed by atoms with Crippen molar-refractivity contribution in [2.75, 3.05) is 32.1 Å². The van der Waals surface area contributed by atoms with Crippen molar-refractivity contribution in [3.05, 3.63) is 29.8 Å². The molecule has 1 aromatic rings. The summed E-state index contributed by atoms with van der Waals surface area (Å²) in [6.45, 7) is 3.75. The summed E-state index contributed by atoms with van der Waals surface area (Å²) in [6.07, 6.45) is 1.75. The maximum absolute atomic E-state index is 12.0. The van der Waals surface area contributed by atoms with E-state index in [-0.39, 0.29) is 17.8 Å². The zero-order valence-corrected chi connectivity index (χ0v) is 12.6. The van der Waals surface area contributed by atoms with Crippen LogP contribution in [0.2, 0.25) is 0 Å². The predicted octanol–water partition coefficient (Wildman–Crippen LogP) is 1.82. The van der Waals surface area contributed by atoms with E-state index in [1.165, 1.54) is 7.11 Å². The van der Waals surface area contributed by atoms with Gasteiger partial charge in [-0.05, 0) is 38.4 Å². The van der Waals surface area contributed by atoms with Crippen LogP contribution in [0.1, 0.15) is 18.4 Å². The lowest BCUT2D eigenvalue weighted by Crippen LogP contribution is -2.42. The number of nitrogens with zero attached hydrogens (tertiary/aromatic N) is 1. The highest BCUT2D eigenvalue weighted by molar-refractivity contribution is 5.92. The number of benzene rings is 1. The fraction of sp³-hybridized carbons (Fsp3) is 0.500. The van der Waals surface area contributed by atoms with Crippen LogP contribution in [-0.4, -0.2) is 43.5 Å². The van der Waals surface area contributed by atoms with E-state index < -0.39 is 0 Å². The fourth-order valence-electron chi connectivity index (χ4n) is 2.60. The van der Waals surface area contributed by atoms with Gasteiger partial charge < -0.3 is 10.1 Å². The number of methoxy groups -OCH3 is 1. The van der Waals surface area contributed by atoms with E-state index in [1.54, 1.807) is 0 Å². The highest BCUT2D eigenvalue weighted by atomic mass is 16.5. The number of rotatable bonds is 4. The minimum absolute atomic E-state index is 0.0515. The number of hydrogen-bond donors (Lipinski definition) is 1. The first-order chi connectivity index (χ1) is 10.1. The quantitative estimate of drug-likeness (QED) is 0.859. The summed E-state index contributed by atoms with van der Waals surface area (Å²) >= 11 is 0. The number of likely N-dealkylation sites (tertiary alicyclic amines) is 1. The molecule has 5 heteroatoms. The Morgan fingerprint density at radius 3 is 2.71 bits per heavy atom. The number of aryl methyl sites for hydroxylation is 1. The van der Waals surface area contributed by atoms with E-state index >= 15 is 0 Å². The van der Waals surface area contributed by atoms with Crippen molar-refractivity contribution in [3.63, 3.8) is 0 Å². The SMILES string of the molecule is COC(=O)[C@H]1CCCN(CC(=O)Nc2ccc(C)cc2)C1. The number of carbonyl (C=O) groups is 2. The van der Waals surface area contributed by atoms with Crippen molar-refractivity contribution in [2.24, 2.45) is 5.92 Å². The Morgan fingerprint density at radius 2 is 2.05 bits per heavy atom. The van der Waals surface area contributed by atoms with Crippen molar-refractivity contribution in [3.8, 4) is 0 Å². The number of anilines is 1. The third-order valence-corrected chi connectivity index (χ3v) is 3.74. The molecule has 0 radical (unpaired) electrons. The molecule has 1 aliphatic rings. The molecule has 114 valence electrons. The fourth-order valence-corrected chi connectivity index (χ4v) is 2.60. The van der Waals surface area contributed by atoms with Gasteiger partial charge in [0.1, 0.15) is 0 Å². The molecule has 0 saturated carbocycles. The van der Waals surface area contributed by atoms with Crippen LogP contribution < -0.4 is 5.32 Å². The Hall–Kier alpha value is -1.88. The summed E-state index contributed by atoms with van der Waals surface area (Å²) in [6, 6.07) is 7.70. The lowest BCUT2D eigenvalue weighted by atomic mass is 9.98. The lowest BCUT2D eigenvalue weighted by molar-refractivity contribution is -0.147. The zero-order chi connectivity index (χ0) is 15.2. The lowest BCUT2D eigenvalue weighted by Gasteiger charge is -2.30. The van der Waals surface area contributed by atoms with Gasteiger partial charge in [0.05, 0.1) is 19.6 Å². The maximum Gasteiger partial charge on any atom is 0.309 e. The number of carbonyl (C=O) groups excluding carboxylic acids is 2. The topological polar surface area (TPSA) is 58.6 Å². The second-order valence-electron chi connectivity index (χ2n) is 5.51. The van der Waals surface area contributed by atoms with Gasteiger partial charge in [0.25, 0.3) is 0 Å². The molecule has 0 bridgehead atoms. The number of esters is 1. The Labute approximate surface area is 125 Å². The van der Waals surface area contributed by atoms with Gasteiger partial charge >= 0.3 is 5.97 Å². The average Bonchev–Trinajstić information content (AvgIpc) is 2.49. The van der Waals surface area contributed by atoms with Crippen LogP contribution in [0.5, 0.6) is 0 Å². The number of hydrogen-bond acceptors (Lipinski definition) is 4. The van der Waals surface area contributed by atoms with Crippen LogP contribution in [0, 0.1) is 12.8 Å². The first kappa shape index (κ1) is 15.5. The molecule has 0 unspecified atom stereocenters.